The summed E-state index contributed by atoms with van der Waals surface area (Å²) in [7, 11) is 4.10. The van der Waals surface area contributed by atoms with E-state index < -0.39 is 5.97 Å². The number of carbonyl (C=O) groups is 1. The van der Waals surface area contributed by atoms with Crippen LogP contribution in [-0.2, 0) is 12.8 Å². The zero-order chi connectivity index (χ0) is 19.9. The molecule has 0 radical (unpaired) electrons. The van der Waals surface area contributed by atoms with E-state index >= 15 is 0 Å². The summed E-state index contributed by atoms with van der Waals surface area (Å²) >= 11 is 0. The second kappa shape index (κ2) is 9.09. The normalized spacial score (nSPS) is 10.5. The Kier molecular flexibility index (Phi) is 6.33. The zero-order valence-electron chi connectivity index (χ0n) is 16.4. The number of nitrogens with one attached hydrogen (secondary N) is 1. The highest BCUT2D eigenvalue weighted by molar-refractivity contribution is 5.95. The van der Waals surface area contributed by atoms with E-state index in [-0.39, 0.29) is 5.56 Å². The lowest BCUT2D eigenvalue weighted by atomic mass is 10.0. The molecule has 3 rings (SSSR count). The molecular formula is C24H26N2O2. The van der Waals surface area contributed by atoms with Crippen LogP contribution in [0.4, 0.5) is 17.1 Å². The molecule has 0 saturated carbocycles. The van der Waals surface area contributed by atoms with Gasteiger partial charge in [0.1, 0.15) is 0 Å². The minimum atomic E-state index is -0.932. The van der Waals surface area contributed by atoms with Crippen molar-refractivity contribution >= 4 is 23.0 Å². The molecule has 0 aliphatic heterocycles. The maximum Gasteiger partial charge on any atom is 0.337 e. The predicted octanol–water partition coefficient (Wildman–Crippen LogP) is 5.37. The van der Waals surface area contributed by atoms with Crippen LogP contribution < -0.4 is 10.2 Å². The summed E-state index contributed by atoms with van der Waals surface area (Å²) < 4.78 is 0. The number of anilines is 3. The monoisotopic (exact) mass is 374 g/mol. The zero-order valence-corrected chi connectivity index (χ0v) is 16.4. The van der Waals surface area contributed by atoms with Crippen molar-refractivity contribution in [1.82, 2.24) is 0 Å². The number of aromatic carboxylic acids is 1. The smallest absolute Gasteiger partial charge is 0.337 e. The Morgan fingerprint density at radius 2 is 1.43 bits per heavy atom. The van der Waals surface area contributed by atoms with Gasteiger partial charge in [0.15, 0.2) is 0 Å². The van der Waals surface area contributed by atoms with Crippen molar-refractivity contribution in [2.24, 2.45) is 0 Å². The summed E-state index contributed by atoms with van der Waals surface area (Å²) in [5.41, 5.74) is 5.61. The van der Waals surface area contributed by atoms with Gasteiger partial charge in [-0.2, -0.15) is 0 Å². The van der Waals surface area contributed by atoms with E-state index in [1.165, 1.54) is 16.8 Å². The number of para-hydroxylation sites is 1. The fraction of sp³-hybridized carbons (Fsp3) is 0.208. The first-order valence-electron chi connectivity index (χ1n) is 9.47. The standard InChI is InChI=1S/C24H26N2O2/c1-26(2)21-16-12-19(13-17-21)7-5-6-18-10-14-20(15-11-18)25-23-9-4-3-8-22(23)24(27)28/h3-4,8-17,25H,5-7H2,1-2H3,(H,27,28). The van der Waals surface area contributed by atoms with Gasteiger partial charge in [-0.15, -0.1) is 0 Å². The van der Waals surface area contributed by atoms with Crippen molar-refractivity contribution in [3.05, 3.63) is 89.5 Å². The van der Waals surface area contributed by atoms with E-state index in [4.69, 9.17) is 0 Å². The Morgan fingerprint density at radius 1 is 0.857 bits per heavy atom. The quantitative estimate of drug-likeness (QED) is 0.556. The molecule has 144 valence electrons. The number of aryl methyl sites for hydroxylation is 2. The van der Waals surface area contributed by atoms with Crippen LogP contribution in [-0.4, -0.2) is 25.2 Å². The molecule has 0 aliphatic carbocycles. The first-order valence-corrected chi connectivity index (χ1v) is 9.47. The molecule has 0 aliphatic rings. The third-order valence-corrected chi connectivity index (χ3v) is 4.77. The Morgan fingerprint density at radius 3 is 2.00 bits per heavy atom. The molecule has 0 fully saturated rings. The molecule has 0 spiro atoms. The van der Waals surface area contributed by atoms with Gasteiger partial charge in [-0.1, -0.05) is 36.4 Å². The molecule has 3 aromatic carbocycles. The van der Waals surface area contributed by atoms with Crippen LogP contribution in [0.15, 0.2) is 72.8 Å². The number of benzene rings is 3. The van der Waals surface area contributed by atoms with Gasteiger partial charge in [0, 0.05) is 25.5 Å². The minimum absolute atomic E-state index is 0.270. The number of hydrogen-bond donors (Lipinski definition) is 2. The highest BCUT2D eigenvalue weighted by Crippen LogP contribution is 2.22. The SMILES string of the molecule is CN(C)c1ccc(CCCc2ccc(Nc3ccccc3C(=O)O)cc2)cc1. The number of rotatable bonds is 8. The Labute approximate surface area is 166 Å². The first kappa shape index (κ1) is 19.5. The fourth-order valence-corrected chi connectivity index (χ4v) is 3.15. The first-order chi connectivity index (χ1) is 13.5. The van der Waals surface area contributed by atoms with Gasteiger partial charge in [-0.3, -0.25) is 0 Å². The Bertz CT molecular complexity index is 916. The van der Waals surface area contributed by atoms with Crippen molar-refractivity contribution < 1.29 is 9.90 Å². The summed E-state index contributed by atoms with van der Waals surface area (Å²) in [5.74, 6) is -0.932. The minimum Gasteiger partial charge on any atom is -0.478 e. The average molecular weight is 374 g/mol. The van der Waals surface area contributed by atoms with Crippen LogP contribution >= 0.6 is 0 Å². The second-order valence-electron chi connectivity index (χ2n) is 7.09. The van der Waals surface area contributed by atoms with E-state index in [1.807, 2.05) is 32.3 Å². The number of carboxylic acids is 1. The van der Waals surface area contributed by atoms with E-state index in [0.29, 0.717) is 5.69 Å². The lowest BCUT2D eigenvalue weighted by Gasteiger charge is -2.12. The van der Waals surface area contributed by atoms with Crippen molar-refractivity contribution in [1.29, 1.82) is 0 Å². The molecule has 4 nitrogen and oxygen atoms in total. The third-order valence-electron chi connectivity index (χ3n) is 4.77. The van der Waals surface area contributed by atoms with Gasteiger partial charge in [0.25, 0.3) is 0 Å². The summed E-state index contributed by atoms with van der Waals surface area (Å²) in [6, 6.07) is 23.8. The van der Waals surface area contributed by atoms with Gasteiger partial charge in [0.05, 0.1) is 11.3 Å². The van der Waals surface area contributed by atoms with Gasteiger partial charge >= 0.3 is 5.97 Å². The van der Waals surface area contributed by atoms with E-state index in [9.17, 15) is 9.90 Å². The number of carboxylic acid groups (broad SMARTS) is 1. The predicted molar refractivity (Wildman–Crippen MR) is 116 cm³/mol. The van der Waals surface area contributed by atoms with E-state index in [0.717, 1.165) is 24.9 Å². The molecule has 4 heteroatoms. The fourth-order valence-electron chi connectivity index (χ4n) is 3.15. The summed E-state index contributed by atoms with van der Waals surface area (Å²) in [6.07, 6.45) is 3.16. The largest absolute Gasteiger partial charge is 0.478 e. The molecule has 0 saturated heterocycles. The van der Waals surface area contributed by atoms with Gasteiger partial charge in [-0.05, 0) is 66.8 Å². The van der Waals surface area contributed by atoms with Crippen LogP contribution in [0.25, 0.3) is 0 Å². The van der Waals surface area contributed by atoms with E-state index in [2.05, 4.69) is 46.6 Å². The maximum absolute atomic E-state index is 11.3. The highest BCUT2D eigenvalue weighted by atomic mass is 16.4. The molecule has 0 atom stereocenters. The molecular weight excluding hydrogens is 348 g/mol. The Balaban J connectivity index is 1.54. The van der Waals surface area contributed by atoms with Crippen LogP contribution in [0.3, 0.4) is 0 Å². The lowest BCUT2D eigenvalue weighted by molar-refractivity contribution is 0.0698. The van der Waals surface area contributed by atoms with Crippen LogP contribution in [0, 0.1) is 0 Å². The van der Waals surface area contributed by atoms with Gasteiger partial charge < -0.3 is 15.3 Å². The highest BCUT2D eigenvalue weighted by Gasteiger charge is 2.08. The molecule has 0 amide bonds. The molecule has 0 heterocycles. The molecule has 3 aromatic rings. The van der Waals surface area contributed by atoms with Crippen LogP contribution in [0.5, 0.6) is 0 Å². The summed E-state index contributed by atoms with van der Waals surface area (Å²) in [5, 5.41) is 12.5. The van der Waals surface area contributed by atoms with Crippen molar-refractivity contribution in [3.63, 3.8) is 0 Å². The molecule has 0 aromatic heterocycles. The van der Waals surface area contributed by atoms with Crippen molar-refractivity contribution in [2.45, 2.75) is 19.3 Å². The molecule has 28 heavy (non-hydrogen) atoms. The summed E-state index contributed by atoms with van der Waals surface area (Å²) in [6.45, 7) is 0. The molecule has 0 bridgehead atoms. The van der Waals surface area contributed by atoms with Crippen molar-refractivity contribution in [3.8, 4) is 0 Å². The molecule has 2 N–H and O–H groups in total. The third kappa shape index (κ3) is 5.13. The van der Waals surface area contributed by atoms with Crippen molar-refractivity contribution in [2.75, 3.05) is 24.3 Å². The Hall–Kier alpha value is -3.27. The molecule has 0 unspecified atom stereocenters. The van der Waals surface area contributed by atoms with Gasteiger partial charge in [-0.25, -0.2) is 4.79 Å². The van der Waals surface area contributed by atoms with E-state index in [1.54, 1.807) is 18.2 Å². The number of hydrogen-bond acceptors (Lipinski definition) is 3. The lowest BCUT2D eigenvalue weighted by Crippen LogP contribution is -2.08. The topological polar surface area (TPSA) is 52.6 Å². The van der Waals surface area contributed by atoms with Crippen LogP contribution in [0.2, 0.25) is 0 Å². The second-order valence-corrected chi connectivity index (χ2v) is 7.09. The number of nitrogens with zero attached hydrogens (tertiary/aromatic N) is 1. The van der Waals surface area contributed by atoms with Gasteiger partial charge in [0.2, 0.25) is 0 Å². The summed E-state index contributed by atoms with van der Waals surface area (Å²) in [4.78, 5) is 13.4. The van der Waals surface area contributed by atoms with Crippen LogP contribution in [0.1, 0.15) is 27.9 Å². The maximum atomic E-state index is 11.3. The average Bonchev–Trinajstić information content (AvgIpc) is 2.70.